The van der Waals surface area contributed by atoms with Gasteiger partial charge < -0.3 is 9.80 Å². The maximum atomic E-state index is 12.9. The molecule has 0 N–H and O–H groups in total. The van der Waals surface area contributed by atoms with Crippen molar-refractivity contribution < 1.29 is 4.79 Å². The van der Waals surface area contributed by atoms with Crippen LogP contribution in [0.2, 0.25) is 0 Å². The Morgan fingerprint density at radius 2 is 1.82 bits per heavy atom. The summed E-state index contributed by atoms with van der Waals surface area (Å²) in [6.07, 6.45) is 7.37. The van der Waals surface area contributed by atoms with Crippen LogP contribution in [0.1, 0.15) is 37.7 Å². The van der Waals surface area contributed by atoms with Crippen LogP contribution in [-0.2, 0) is 11.2 Å². The highest BCUT2D eigenvalue weighted by molar-refractivity contribution is 5.97. The Bertz CT molecular complexity index is 544. The van der Waals surface area contributed by atoms with Crippen molar-refractivity contribution in [3.05, 3.63) is 29.8 Å². The summed E-state index contributed by atoms with van der Waals surface area (Å²) in [6.45, 7) is 4.37. The highest BCUT2D eigenvalue weighted by Crippen LogP contribution is 2.32. The number of rotatable bonds is 3. The lowest BCUT2D eigenvalue weighted by molar-refractivity contribution is -0.123. The number of hydrogen-bond acceptors (Lipinski definition) is 2. The van der Waals surface area contributed by atoms with E-state index in [4.69, 9.17) is 0 Å². The molecule has 1 amide bonds. The highest BCUT2D eigenvalue weighted by atomic mass is 16.2. The minimum absolute atomic E-state index is 0.240. The number of piperidine rings is 1. The third kappa shape index (κ3) is 2.67. The molecule has 1 aromatic rings. The average Bonchev–Trinajstić information content (AvgIpc) is 2.95. The summed E-state index contributed by atoms with van der Waals surface area (Å²) < 4.78 is 0. The second-order valence-corrected chi connectivity index (χ2v) is 7.24. The molecule has 0 spiro atoms. The van der Waals surface area contributed by atoms with E-state index < -0.39 is 0 Å². The molecule has 0 atom stereocenters. The van der Waals surface area contributed by atoms with Gasteiger partial charge in [0.05, 0.1) is 0 Å². The Labute approximate surface area is 133 Å². The molecule has 22 heavy (non-hydrogen) atoms. The Balaban J connectivity index is 1.34. The number of para-hydroxylation sites is 1. The molecule has 0 bridgehead atoms. The van der Waals surface area contributed by atoms with E-state index >= 15 is 0 Å². The molecule has 2 heterocycles. The van der Waals surface area contributed by atoms with Crippen LogP contribution in [0.25, 0.3) is 0 Å². The molecule has 1 aromatic carbocycles. The van der Waals surface area contributed by atoms with Gasteiger partial charge in [0.25, 0.3) is 0 Å². The van der Waals surface area contributed by atoms with Gasteiger partial charge in [0.2, 0.25) is 5.91 Å². The van der Waals surface area contributed by atoms with Gasteiger partial charge in [-0.1, -0.05) is 24.6 Å². The van der Waals surface area contributed by atoms with Gasteiger partial charge in [0.15, 0.2) is 0 Å². The van der Waals surface area contributed by atoms with E-state index in [1.165, 1.54) is 31.4 Å². The lowest BCUT2D eigenvalue weighted by Gasteiger charge is -2.37. The van der Waals surface area contributed by atoms with Crippen LogP contribution in [0.3, 0.4) is 0 Å². The van der Waals surface area contributed by atoms with E-state index in [0.717, 1.165) is 50.5 Å². The first-order valence-electron chi connectivity index (χ1n) is 8.93. The van der Waals surface area contributed by atoms with Crippen molar-refractivity contribution in [3.63, 3.8) is 0 Å². The van der Waals surface area contributed by atoms with Gasteiger partial charge >= 0.3 is 0 Å². The second-order valence-electron chi connectivity index (χ2n) is 7.24. The predicted octanol–water partition coefficient (Wildman–Crippen LogP) is 3.09. The summed E-state index contributed by atoms with van der Waals surface area (Å²) in [7, 11) is 0. The van der Waals surface area contributed by atoms with Crippen molar-refractivity contribution in [2.75, 3.05) is 31.1 Å². The standard InChI is InChI=1S/C19H26N2O/c22-19(21-13-10-16-6-1-2-7-18(16)21)17-8-11-20(12-9-17)14-15-4-3-5-15/h1-2,6-7,15,17H,3-5,8-14H2. The predicted molar refractivity (Wildman–Crippen MR) is 89.0 cm³/mol. The van der Waals surface area contributed by atoms with E-state index in [1.807, 2.05) is 11.0 Å². The van der Waals surface area contributed by atoms with E-state index in [2.05, 4.69) is 23.1 Å². The first-order valence-corrected chi connectivity index (χ1v) is 8.93. The number of nitrogens with zero attached hydrogens (tertiary/aromatic N) is 2. The van der Waals surface area contributed by atoms with Crippen LogP contribution >= 0.6 is 0 Å². The molecule has 0 aromatic heterocycles. The molecule has 3 heteroatoms. The topological polar surface area (TPSA) is 23.6 Å². The van der Waals surface area contributed by atoms with Crippen LogP contribution in [0.5, 0.6) is 0 Å². The maximum Gasteiger partial charge on any atom is 0.230 e. The van der Waals surface area contributed by atoms with Gasteiger partial charge in [0, 0.05) is 24.7 Å². The van der Waals surface area contributed by atoms with Gasteiger partial charge in [-0.25, -0.2) is 0 Å². The molecule has 1 aliphatic carbocycles. The molecular formula is C19H26N2O. The van der Waals surface area contributed by atoms with Gasteiger partial charge in [-0.15, -0.1) is 0 Å². The van der Waals surface area contributed by atoms with Crippen LogP contribution in [0.15, 0.2) is 24.3 Å². The van der Waals surface area contributed by atoms with Gasteiger partial charge in [-0.2, -0.15) is 0 Å². The number of anilines is 1. The number of benzene rings is 1. The largest absolute Gasteiger partial charge is 0.312 e. The highest BCUT2D eigenvalue weighted by Gasteiger charge is 2.33. The Hall–Kier alpha value is -1.35. The lowest BCUT2D eigenvalue weighted by atomic mass is 9.84. The maximum absolute atomic E-state index is 12.9. The molecule has 1 saturated carbocycles. The fourth-order valence-corrected chi connectivity index (χ4v) is 4.19. The zero-order valence-corrected chi connectivity index (χ0v) is 13.3. The van der Waals surface area contributed by atoms with Crippen LogP contribution in [-0.4, -0.2) is 37.0 Å². The molecular weight excluding hydrogens is 272 g/mol. The Morgan fingerprint density at radius 3 is 2.55 bits per heavy atom. The van der Waals surface area contributed by atoms with Crippen molar-refractivity contribution in [2.45, 2.75) is 38.5 Å². The third-order valence-electron chi connectivity index (χ3n) is 5.83. The summed E-state index contributed by atoms with van der Waals surface area (Å²) in [5, 5.41) is 0. The number of hydrogen-bond donors (Lipinski definition) is 0. The molecule has 1 saturated heterocycles. The average molecular weight is 298 g/mol. The minimum atomic E-state index is 0.240. The van der Waals surface area contributed by atoms with Crippen LogP contribution in [0, 0.1) is 11.8 Å². The SMILES string of the molecule is O=C(C1CCN(CC2CCC2)CC1)N1CCc2ccccc21. The molecule has 0 unspecified atom stereocenters. The molecule has 2 aliphatic heterocycles. The fourth-order valence-electron chi connectivity index (χ4n) is 4.19. The van der Waals surface area contributed by atoms with Crippen LogP contribution in [0.4, 0.5) is 5.69 Å². The monoisotopic (exact) mass is 298 g/mol. The Morgan fingerprint density at radius 1 is 1.05 bits per heavy atom. The fraction of sp³-hybridized carbons (Fsp3) is 0.632. The van der Waals surface area contributed by atoms with E-state index in [-0.39, 0.29) is 5.92 Å². The van der Waals surface area contributed by atoms with E-state index in [1.54, 1.807) is 0 Å². The summed E-state index contributed by atoms with van der Waals surface area (Å²) in [6, 6.07) is 8.38. The van der Waals surface area contributed by atoms with Gasteiger partial charge in [-0.05, 0) is 62.7 Å². The number of likely N-dealkylation sites (tertiary alicyclic amines) is 1. The summed E-state index contributed by atoms with van der Waals surface area (Å²) >= 11 is 0. The van der Waals surface area contributed by atoms with Crippen molar-refractivity contribution in [1.29, 1.82) is 0 Å². The third-order valence-corrected chi connectivity index (χ3v) is 5.83. The molecule has 118 valence electrons. The van der Waals surface area contributed by atoms with Gasteiger partial charge in [0.1, 0.15) is 0 Å². The summed E-state index contributed by atoms with van der Waals surface area (Å²) in [4.78, 5) is 17.5. The van der Waals surface area contributed by atoms with Crippen LogP contribution < -0.4 is 4.90 Å². The van der Waals surface area contributed by atoms with E-state index in [9.17, 15) is 4.79 Å². The van der Waals surface area contributed by atoms with Crippen molar-refractivity contribution >= 4 is 11.6 Å². The first-order chi connectivity index (χ1) is 10.8. The second kappa shape index (κ2) is 6.04. The number of carbonyl (C=O) groups is 1. The lowest BCUT2D eigenvalue weighted by Crippen LogP contribution is -2.44. The number of amides is 1. The zero-order valence-electron chi connectivity index (χ0n) is 13.3. The minimum Gasteiger partial charge on any atom is -0.312 e. The number of fused-ring (bicyclic) bond motifs is 1. The molecule has 4 rings (SSSR count). The van der Waals surface area contributed by atoms with E-state index in [0.29, 0.717) is 5.91 Å². The summed E-state index contributed by atoms with van der Waals surface area (Å²) in [5.41, 5.74) is 2.49. The molecule has 3 aliphatic rings. The first kappa shape index (κ1) is 14.3. The van der Waals surface area contributed by atoms with Crippen molar-refractivity contribution in [1.82, 2.24) is 4.90 Å². The smallest absolute Gasteiger partial charge is 0.230 e. The Kier molecular flexibility index (Phi) is 3.91. The number of carbonyl (C=O) groups excluding carboxylic acids is 1. The molecule has 2 fully saturated rings. The summed E-state index contributed by atoms with van der Waals surface area (Å²) in [5.74, 6) is 1.55. The van der Waals surface area contributed by atoms with Crippen molar-refractivity contribution in [2.24, 2.45) is 11.8 Å². The molecule has 3 nitrogen and oxygen atoms in total. The van der Waals surface area contributed by atoms with Gasteiger partial charge in [-0.3, -0.25) is 4.79 Å². The quantitative estimate of drug-likeness (QED) is 0.856. The van der Waals surface area contributed by atoms with Crippen molar-refractivity contribution in [3.8, 4) is 0 Å². The molecule has 0 radical (unpaired) electrons. The zero-order chi connectivity index (χ0) is 14.9. The normalized spacial score (nSPS) is 23.4.